The van der Waals surface area contributed by atoms with Gasteiger partial charge in [-0.3, -0.25) is 0 Å². The average Bonchev–Trinajstić information content (AvgIpc) is 2.43. The highest BCUT2D eigenvalue weighted by Gasteiger charge is 1.95. The molecule has 0 radical (unpaired) electrons. The number of carbonyl (C=O) groups is 1. The van der Waals surface area contributed by atoms with Gasteiger partial charge in [0.1, 0.15) is 0 Å². The van der Waals surface area contributed by atoms with Crippen molar-refractivity contribution in [3.8, 4) is 11.8 Å². The third-order valence-electron chi connectivity index (χ3n) is 2.50. The van der Waals surface area contributed by atoms with E-state index in [-0.39, 0.29) is 0 Å². The van der Waals surface area contributed by atoms with Crippen molar-refractivity contribution in [2.24, 2.45) is 0 Å². The molecule has 0 atom stereocenters. The zero-order valence-corrected chi connectivity index (χ0v) is 10.0. The summed E-state index contributed by atoms with van der Waals surface area (Å²) in [5, 5.41) is 2.26. The van der Waals surface area contributed by atoms with Crippen molar-refractivity contribution in [2.75, 3.05) is 7.11 Å². The SMILES string of the molecule is COC(=O)/C=C/C#Cc1cccc2ccccc12. The van der Waals surface area contributed by atoms with Crippen molar-refractivity contribution in [1.82, 2.24) is 0 Å². The van der Waals surface area contributed by atoms with Crippen molar-refractivity contribution < 1.29 is 9.53 Å². The lowest BCUT2D eigenvalue weighted by molar-refractivity contribution is -0.134. The Balaban J connectivity index is 2.30. The van der Waals surface area contributed by atoms with Crippen molar-refractivity contribution in [2.45, 2.75) is 0 Å². The summed E-state index contributed by atoms with van der Waals surface area (Å²) in [6.45, 7) is 0. The van der Waals surface area contributed by atoms with Gasteiger partial charge in [-0.2, -0.15) is 0 Å². The third-order valence-corrected chi connectivity index (χ3v) is 2.50. The van der Waals surface area contributed by atoms with Crippen LogP contribution in [0.5, 0.6) is 0 Å². The van der Waals surface area contributed by atoms with Gasteiger partial charge in [-0.1, -0.05) is 48.2 Å². The monoisotopic (exact) mass is 236 g/mol. The Bertz CT molecular complexity index is 652. The Morgan fingerprint density at radius 1 is 1.17 bits per heavy atom. The molecule has 0 spiro atoms. The molecule has 2 rings (SSSR count). The molecule has 0 aliphatic heterocycles. The standard InChI is InChI=1S/C16H12O2/c1-18-16(17)12-5-3-8-14-10-6-9-13-7-2-4-11-15(13)14/h2,4-7,9-12H,1H3/b12-5+. The van der Waals surface area contributed by atoms with E-state index in [9.17, 15) is 4.79 Å². The van der Waals surface area contributed by atoms with E-state index in [2.05, 4.69) is 16.6 Å². The van der Waals surface area contributed by atoms with Gasteiger partial charge in [-0.25, -0.2) is 4.79 Å². The average molecular weight is 236 g/mol. The van der Waals surface area contributed by atoms with E-state index in [4.69, 9.17) is 0 Å². The molecule has 0 saturated carbocycles. The number of methoxy groups -OCH3 is 1. The molecule has 0 aromatic heterocycles. The summed E-state index contributed by atoms with van der Waals surface area (Å²) >= 11 is 0. The van der Waals surface area contributed by atoms with Crippen LogP contribution < -0.4 is 0 Å². The molecule has 0 fully saturated rings. The second-order valence-corrected chi connectivity index (χ2v) is 3.65. The molecule has 2 aromatic carbocycles. The van der Waals surface area contributed by atoms with Gasteiger partial charge in [-0.15, -0.1) is 0 Å². The predicted molar refractivity (Wildman–Crippen MR) is 72.0 cm³/mol. The van der Waals surface area contributed by atoms with E-state index in [0.29, 0.717) is 0 Å². The largest absolute Gasteiger partial charge is 0.466 e. The van der Waals surface area contributed by atoms with Gasteiger partial charge in [0.2, 0.25) is 0 Å². The fraction of sp³-hybridized carbons (Fsp3) is 0.0625. The zero-order chi connectivity index (χ0) is 12.8. The summed E-state index contributed by atoms with van der Waals surface area (Å²) < 4.78 is 4.48. The van der Waals surface area contributed by atoms with Gasteiger partial charge < -0.3 is 4.74 Å². The first-order valence-electron chi connectivity index (χ1n) is 5.55. The van der Waals surface area contributed by atoms with E-state index in [1.165, 1.54) is 19.3 Å². The fourth-order valence-corrected chi connectivity index (χ4v) is 1.63. The van der Waals surface area contributed by atoms with Crippen molar-refractivity contribution in [1.29, 1.82) is 0 Å². The summed E-state index contributed by atoms with van der Waals surface area (Å²) in [6.07, 6.45) is 2.80. The Labute approximate surface area is 106 Å². The summed E-state index contributed by atoms with van der Waals surface area (Å²) in [5.41, 5.74) is 0.947. The third kappa shape index (κ3) is 2.78. The molecule has 0 saturated heterocycles. The Hall–Kier alpha value is -2.53. The number of fused-ring (bicyclic) bond motifs is 1. The highest BCUT2D eigenvalue weighted by Crippen LogP contribution is 2.17. The smallest absolute Gasteiger partial charge is 0.331 e. The number of ether oxygens (including phenoxy) is 1. The Morgan fingerprint density at radius 2 is 1.94 bits per heavy atom. The predicted octanol–water partition coefficient (Wildman–Crippen LogP) is 2.92. The molecule has 2 heteroatoms. The molecule has 2 nitrogen and oxygen atoms in total. The van der Waals surface area contributed by atoms with Crippen LogP contribution in [0.3, 0.4) is 0 Å². The van der Waals surface area contributed by atoms with Crippen LogP contribution >= 0.6 is 0 Å². The minimum Gasteiger partial charge on any atom is -0.466 e. The fourth-order valence-electron chi connectivity index (χ4n) is 1.63. The van der Waals surface area contributed by atoms with Crippen LogP contribution in [-0.4, -0.2) is 13.1 Å². The van der Waals surface area contributed by atoms with E-state index >= 15 is 0 Å². The van der Waals surface area contributed by atoms with Crippen molar-refractivity contribution >= 4 is 16.7 Å². The second-order valence-electron chi connectivity index (χ2n) is 3.65. The number of allylic oxidation sites excluding steroid dienone is 1. The Morgan fingerprint density at radius 3 is 2.78 bits per heavy atom. The van der Waals surface area contributed by atoms with Gasteiger partial charge >= 0.3 is 5.97 Å². The molecule has 88 valence electrons. The maximum atomic E-state index is 10.9. The van der Waals surface area contributed by atoms with E-state index in [0.717, 1.165) is 16.3 Å². The van der Waals surface area contributed by atoms with E-state index < -0.39 is 5.97 Å². The molecule has 0 amide bonds. The van der Waals surface area contributed by atoms with Crippen LogP contribution in [0.2, 0.25) is 0 Å². The first-order valence-corrected chi connectivity index (χ1v) is 5.55. The molecule has 0 bridgehead atoms. The number of esters is 1. The molecule has 0 heterocycles. The molecule has 2 aromatic rings. The summed E-state index contributed by atoms with van der Waals surface area (Å²) in [6, 6.07) is 14.0. The van der Waals surface area contributed by atoms with Gasteiger partial charge in [0.25, 0.3) is 0 Å². The van der Waals surface area contributed by atoms with Crippen LogP contribution in [0.4, 0.5) is 0 Å². The minimum atomic E-state index is -0.401. The molecular formula is C16H12O2. The molecule has 0 unspecified atom stereocenters. The van der Waals surface area contributed by atoms with Gasteiger partial charge in [0, 0.05) is 11.6 Å². The quantitative estimate of drug-likeness (QED) is 0.432. The van der Waals surface area contributed by atoms with Crippen LogP contribution in [0.1, 0.15) is 5.56 Å². The van der Waals surface area contributed by atoms with Crippen LogP contribution in [-0.2, 0) is 9.53 Å². The lowest BCUT2D eigenvalue weighted by atomic mass is 10.1. The van der Waals surface area contributed by atoms with E-state index in [1.54, 1.807) is 0 Å². The Kier molecular flexibility index (Phi) is 3.78. The van der Waals surface area contributed by atoms with Crippen molar-refractivity contribution in [3.63, 3.8) is 0 Å². The lowest BCUT2D eigenvalue weighted by Gasteiger charge is -1.98. The number of hydrogen-bond acceptors (Lipinski definition) is 2. The first-order chi connectivity index (χ1) is 8.81. The zero-order valence-electron chi connectivity index (χ0n) is 10.0. The highest BCUT2D eigenvalue weighted by molar-refractivity contribution is 5.88. The van der Waals surface area contributed by atoms with Crippen LogP contribution in [0, 0.1) is 11.8 Å². The van der Waals surface area contributed by atoms with Crippen molar-refractivity contribution in [3.05, 3.63) is 60.2 Å². The number of benzene rings is 2. The molecule has 18 heavy (non-hydrogen) atoms. The minimum absolute atomic E-state index is 0.401. The summed E-state index contributed by atoms with van der Waals surface area (Å²) in [5.74, 6) is 5.45. The van der Waals surface area contributed by atoms with Crippen LogP contribution in [0.15, 0.2) is 54.6 Å². The van der Waals surface area contributed by atoms with Gasteiger partial charge in [0.15, 0.2) is 0 Å². The number of rotatable bonds is 1. The number of hydrogen-bond donors (Lipinski definition) is 0. The first kappa shape index (κ1) is 11.9. The highest BCUT2D eigenvalue weighted by atomic mass is 16.5. The normalized spacial score (nSPS) is 10.1. The molecule has 0 N–H and O–H groups in total. The second kappa shape index (κ2) is 5.70. The molecular weight excluding hydrogens is 224 g/mol. The molecule has 0 aliphatic rings. The van der Waals surface area contributed by atoms with Gasteiger partial charge in [0.05, 0.1) is 7.11 Å². The molecule has 0 aliphatic carbocycles. The lowest BCUT2D eigenvalue weighted by Crippen LogP contribution is -1.92. The van der Waals surface area contributed by atoms with Gasteiger partial charge in [-0.05, 0) is 22.9 Å². The maximum Gasteiger partial charge on any atom is 0.331 e. The summed E-state index contributed by atoms with van der Waals surface area (Å²) in [7, 11) is 1.34. The summed E-state index contributed by atoms with van der Waals surface area (Å²) in [4.78, 5) is 10.9. The van der Waals surface area contributed by atoms with E-state index in [1.807, 2.05) is 42.5 Å². The topological polar surface area (TPSA) is 26.3 Å². The maximum absolute atomic E-state index is 10.9. The number of carbonyl (C=O) groups excluding carboxylic acids is 1. The van der Waals surface area contributed by atoms with Crippen LogP contribution in [0.25, 0.3) is 10.8 Å².